The van der Waals surface area contributed by atoms with Crippen molar-refractivity contribution in [3.05, 3.63) is 15.6 Å². The SMILES string of the molecule is CCC(CC)C(C)NC(=O)NCc1nc(C)c(C(=O)O)s1. The van der Waals surface area contributed by atoms with Gasteiger partial charge in [-0.15, -0.1) is 11.3 Å². The number of aromatic carboxylic acids is 1. The predicted molar refractivity (Wildman–Crippen MR) is 82.7 cm³/mol. The van der Waals surface area contributed by atoms with Crippen LogP contribution in [0.4, 0.5) is 4.79 Å². The smallest absolute Gasteiger partial charge is 0.347 e. The molecular weight excluding hydrogens is 290 g/mol. The maximum absolute atomic E-state index is 11.8. The Bertz CT molecular complexity index is 498. The number of carboxylic acids is 1. The van der Waals surface area contributed by atoms with E-state index in [4.69, 9.17) is 5.11 Å². The number of carbonyl (C=O) groups excluding carboxylic acids is 1. The highest BCUT2D eigenvalue weighted by Gasteiger charge is 2.17. The lowest BCUT2D eigenvalue weighted by Gasteiger charge is -2.22. The molecule has 0 saturated heterocycles. The summed E-state index contributed by atoms with van der Waals surface area (Å²) in [5.41, 5.74) is 0.482. The van der Waals surface area contributed by atoms with Gasteiger partial charge >= 0.3 is 12.0 Å². The summed E-state index contributed by atoms with van der Waals surface area (Å²) in [6.07, 6.45) is 2.04. The Kier molecular flexibility index (Phi) is 6.61. The van der Waals surface area contributed by atoms with Gasteiger partial charge < -0.3 is 15.7 Å². The first kappa shape index (κ1) is 17.4. The largest absolute Gasteiger partial charge is 0.477 e. The average molecular weight is 313 g/mol. The number of urea groups is 1. The van der Waals surface area contributed by atoms with Crippen LogP contribution in [0.15, 0.2) is 0 Å². The Hall–Kier alpha value is -1.63. The van der Waals surface area contributed by atoms with E-state index >= 15 is 0 Å². The molecule has 0 fully saturated rings. The number of nitrogens with one attached hydrogen (secondary N) is 2. The number of nitrogens with zero attached hydrogens (tertiary/aromatic N) is 1. The molecule has 1 heterocycles. The number of amides is 2. The van der Waals surface area contributed by atoms with E-state index in [0.29, 0.717) is 16.6 Å². The van der Waals surface area contributed by atoms with E-state index < -0.39 is 5.97 Å². The van der Waals surface area contributed by atoms with E-state index in [1.807, 2.05) is 6.92 Å². The molecule has 0 bridgehead atoms. The maximum Gasteiger partial charge on any atom is 0.347 e. The summed E-state index contributed by atoms with van der Waals surface area (Å²) < 4.78 is 0. The lowest BCUT2D eigenvalue weighted by Crippen LogP contribution is -2.43. The Morgan fingerprint density at radius 3 is 2.43 bits per heavy atom. The van der Waals surface area contributed by atoms with Crippen LogP contribution in [0.5, 0.6) is 0 Å². The topological polar surface area (TPSA) is 91.3 Å². The number of rotatable bonds is 7. The van der Waals surface area contributed by atoms with Crippen LogP contribution in [0.25, 0.3) is 0 Å². The summed E-state index contributed by atoms with van der Waals surface area (Å²) >= 11 is 1.09. The molecule has 118 valence electrons. The standard InChI is InChI=1S/C14H23N3O3S/c1-5-10(6-2)8(3)17-14(20)15-7-11-16-9(4)12(21-11)13(18)19/h8,10H,5-7H2,1-4H3,(H,18,19)(H2,15,17,20). The van der Waals surface area contributed by atoms with Gasteiger partial charge in [-0.1, -0.05) is 26.7 Å². The summed E-state index contributed by atoms with van der Waals surface area (Å²) in [7, 11) is 0. The summed E-state index contributed by atoms with van der Waals surface area (Å²) in [5.74, 6) is -0.528. The Morgan fingerprint density at radius 1 is 1.33 bits per heavy atom. The summed E-state index contributed by atoms with van der Waals surface area (Å²) in [5, 5.41) is 15.2. The third-order valence-corrected chi connectivity index (χ3v) is 4.70. The molecule has 1 aromatic heterocycles. The number of carboxylic acid groups (broad SMARTS) is 1. The van der Waals surface area contributed by atoms with Crippen LogP contribution in [0, 0.1) is 12.8 Å². The van der Waals surface area contributed by atoms with E-state index in [2.05, 4.69) is 29.5 Å². The first-order valence-electron chi connectivity index (χ1n) is 7.12. The van der Waals surface area contributed by atoms with E-state index in [-0.39, 0.29) is 23.5 Å². The number of carbonyl (C=O) groups is 2. The fourth-order valence-corrected chi connectivity index (χ4v) is 3.10. The van der Waals surface area contributed by atoms with Gasteiger partial charge in [-0.2, -0.15) is 0 Å². The highest BCUT2D eigenvalue weighted by molar-refractivity contribution is 7.13. The van der Waals surface area contributed by atoms with Crippen LogP contribution in [0.1, 0.15) is 54.0 Å². The molecule has 2 amide bonds. The third-order valence-electron chi connectivity index (χ3n) is 3.55. The minimum atomic E-state index is -0.983. The van der Waals surface area contributed by atoms with Crippen LogP contribution in [-0.4, -0.2) is 28.1 Å². The zero-order valence-corrected chi connectivity index (χ0v) is 13.7. The molecule has 0 radical (unpaired) electrons. The van der Waals surface area contributed by atoms with Crippen molar-refractivity contribution in [2.24, 2.45) is 5.92 Å². The van der Waals surface area contributed by atoms with Crippen LogP contribution in [-0.2, 0) is 6.54 Å². The minimum Gasteiger partial charge on any atom is -0.477 e. The maximum atomic E-state index is 11.8. The second-order valence-electron chi connectivity index (χ2n) is 5.02. The lowest BCUT2D eigenvalue weighted by molar-refractivity contribution is 0.0701. The first-order chi connectivity index (χ1) is 9.88. The molecule has 1 unspecified atom stereocenters. The van der Waals surface area contributed by atoms with Crippen molar-refractivity contribution >= 4 is 23.3 Å². The molecule has 21 heavy (non-hydrogen) atoms. The van der Waals surface area contributed by atoms with Crippen molar-refractivity contribution < 1.29 is 14.7 Å². The van der Waals surface area contributed by atoms with E-state index in [1.165, 1.54) is 0 Å². The number of hydrogen-bond donors (Lipinski definition) is 3. The third kappa shape index (κ3) is 5.00. The van der Waals surface area contributed by atoms with E-state index in [0.717, 1.165) is 24.2 Å². The molecule has 6 nitrogen and oxygen atoms in total. The highest BCUT2D eigenvalue weighted by Crippen LogP contribution is 2.17. The predicted octanol–water partition coefficient (Wildman–Crippen LogP) is 2.77. The second-order valence-corrected chi connectivity index (χ2v) is 6.10. The van der Waals surface area contributed by atoms with Gasteiger partial charge in [-0.3, -0.25) is 0 Å². The van der Waals surface area contributed by atoms with Gasteiger partial charge in [-0.25, -0.2) is 14.6 Å². The van der Waals surface area contributed by atoms with Crippen molar-refractivity contribution in [2.75, 3.05) is 0 Å². The monoisotopic (exact) mass is 313 g/mol. The minimum absolute atomic E-state index is 0.104. The molecule has 0 saturated carbocycles. The molecular formula is C14H23N3O3S. The van der Waals surface area contributed by atoms with Crippen LogP contribution < -0.4 is 10.6 Å². The van der Waals surface area contributed by atoms with Crippen molar-refractivity contribution in [1.29, 1.82) is 0 Å². The molecule has 1 rings (SSSR count). The second kappa shape index (κ2) is 7.97. The Morgan fingerprint density at radius 2 is 1.95 bits per heavy atom. The van der Waals surface area contributed by atoms with E-state index in [9.17, 15) is 9.59 Å². The van der Waals surface area contributed by atoms with Crippen LogP contribution in [0.3, 0.4) is 0 Å². The van der Waals surface area contributed by atoms with Crippen molar-refractivity contribution in [3.63, 3.8) is 0 Å². The molecule has 0 spiro atoms. The van der Waals surface area contributed by atoms with Crippen LogP contribution >= 0.6 is 11.3 Å². The lowest BCUT2D eigenvalue weighted by atomic mass is 9.96. The summed E-state index contributed by atoms with van der Waals surface area (Å²) in [4.78, 5) is 27.1. The van der Waals surface area contributed by atoms with Gasteiger partial charge in [-0.05, 0) is 19.8 Å². The fraction of sp³-hybridized carbons (Fsp3) is 0.643. The number of thiazole rings is 1. The van der Waals surface area contributed by atoms with Crippen molar-refractivity contribution in [1.82, 2.24) is 15.6 Å². The Balaban J connectivity index is 2.50. The molecule has 0 aliphatic heterocycles. The van der Waals surface area contributed by atoms with Gasteiger partial charge in [0, 0.05) is 6.04 Å². The molecule has 3 N–H and O–H groups in total. The summed E-state index contributed by atoms with van der Waals surface area (Å²) in [6, 6.07) is -0.147. The van der Waals surface area contributed by atoms with Crippen LogP contribution in [0.2, 0.25) is 0 Å². The molecule has 7 heteroatoms. The van der Waals surface area contributed by atoms with Gasteiger partial charge in [0.15, 0.2) is 0 Å². The molecule has 1 atom stereocenters. The van der Waals surface area contributed by atoms with Gasteiger partial charge in [0.1, 0.15) is 9.88 Å². The quantitative estimate of drug-likeness (QED) is 0.722. The number of hydrogen-bond acceptors (Lipinski definition) is 4. The van der Waals surface area contributed by atoms with Gasteiger partial charge in [0.05, 0.1) is 12.2 Å². The first-order valence-corrected chi connectivity index (χ1v) is 7.94. The van der Waals surface area contributed by atoms with Gasteiger partial charge in [0.25, 0.3) is 0 Å². The normalized spacial score (nSPS) is 12.2. The van der Waals surface area contributed by atoms with E-state index in [1.54, 1.807) is 6.92 Å². The molecule has 1 aromatic rings. The summed E-state index contributed by atoms with van der Waals surface area (Å²) in [6.45, 7) is 8.10. The zero-order valence-electron chi connectivity index (χ0n) is 12.9. The fourth-order valence-electron chi connectivity index (χ4n) is 2.25. The molecule has 0 aliphatic carbocycles. The molecule has 0 aromatic carbocycles. The Labute approximate surface area is 129 Å². The van der Waals surface area contributed by atoms with Crippen molar-refractivity contribution in [2.45, 2.75) is 53.1 Å². The number of aryl methyl sites for hydroxylation is 1. The van der Waals surface area contributed by atoms with Gasteiger partial charge in [0.2, 0.25) is 0 Å². The highest BCUT2D eigenvalue weighted by atomic mass is 32.1. The average Bonchev–Trinajstić information content (AvgIpc) is 2.79. The molecule has 0 aliphatic rings. The number of aromatic nitrogens is 1. The zero-order chi connectivity index (χ0) is 16.0. The van der Waals surface area contributed by atoms with Crippen molar-refractivity contribution in [3.8, 4) is 0 Å².